The molecule has 184 valence electrons. The van der Waals surface area contributed by atoms with E-state index < -0.39 is 58.9 Å². The first-order valence-electron chi connectivity index (χ1n) is 10.1. The molecular weight excluding hydrogens is 465 g/mol. The van der Waals surface area contributed by atoms with Crippen LogP contribution in [-0.2, 0) is 9.53 Å². The summed E-state index contributed by atoms with van der Waals surface area (Å²) in [5, 5.41) is 2.43. The first kappa shape index (κ1) is 25.3. The molecule has 1 aromatic heterocycles. The molecule has 4 atom stereocenters. The fraction of sp³-hybridized carbons (Fsp3) is 0.409. The lowest BCUT2D eigenvalue weighted by atomic mass is 9.77. The van der Waals surface area contributed by atoms with Crippen LogP contribution in [0.4, 0.5) is 27.6 Å². The molecule has 3 rings (SSSR count). The Kier molecular flexibility index (Phi) is 6.57. The molecule has 1 aromatic carbocycles. The highest BCUT2D eigenvalue weighted by molar-refractivity contribution is 5.98. The van der Waals surface area contributed by atoms with Crippen molar-refractivity contribution in [2.24, 2.45) is 11.7 Å². The fourth-order valence-corrected chi connectivity index (χ4v) is 4.04. The van der Waals surface area contributed by atoms with E-state index in [1.807, 2.05) is 0 Å². The van der Waals surface area contributed by atoms with Crippen LogP contribution in [0.25, 0.3) is 0 Å². The van der Waals surface area contributed by atoms with Gasteiger partial charge in [0.25, 0.3) is 11.8 Å². The molecule has 0 aliphatic carbocycles. The molecule has 7 nitrogen and oxygen atoms in total. The van der Waals surface area contributed by atoms with E-state index in [9.17, 15) is 31.5 Å². The second-order valence-electron chi connectivity index (χ2n) is 8.18. The van der Waals surface area contributed by atoms with Gasteiger partial charge in [0.15, 0.2) is 17.2 Å². The average Bonchev–Trinajstić information content (AvgIpc) is 3.03. The summed E-state index contributed by atoms with van der Waals surface area (Å²) in [6, 6.07) is 2.97. The topological polar surface area (TPSA) is 104 Å². The van der Waals surface area contributed by atoms with Crippen LogP contribution in [0, 0.1) is 24.5 Å². The van der Waals surface area contributed by atoms with Gasteiger partial charge in [0.2, 0.25) is 5.82 Å². The predicted octanol–water partition coefficient (Wildman–Crippen LogP) is 3.85. The van der Waals surface area contributed by atoms with Gasteiger partial charge in [0, 0.05) is 29.3 Å². The number of amides is 2. The highest BCUT2D eigenvalue weighted by Gasteiger charge is 2.65. The van der Waals surface area contributed by atoms with Gasteiger partial charge >= 0.3 is 6.18 Å². The van der Waals surface area contributed by atoms with Crippen LogP contribution in [0.1, 0.15) is 41.4 Å². The SMILES string of the molecule is COc1c([C@H]2[C@H](C(=O)Nc3cc(C(N)=O)ncc3C)O[C@](C)(C(F)(F)F)[C@H]2C)ccc(F)c1F. The lowest BCUT2D eigenvalue weighted by Gasteiger charge is -2.32. The van der Waals surface area contributed by atoms with Crippen molar-refractivity contribution in [3.63, 3.8) is 0 Å². The van der Waals surface area contributed by atoms with Crippen molar-refractivity contribution in [3.8, 4) is 5.75 Å². The highest BCUT2D eigenvalue weighted by Crippen LogP contribution is 2.55. The minimum atomic E-state index is -4.89. The number of pyridine rings is 1. The van der Waals surface area contributed by atoms with E-state index in [0.29, 0.717) is 5.56 Å². The number of nitrogens with zero attached hydrogens (tertiary/aromatic N) is 1. The average molecular weight is 487 g/mol. The molecule has 0 radical (unpaired) electrons. The van der Waals surface area contributed by atoms with Crippen molar-refractivity contribution in [2.75, 3.05) is 12.4 Å². The molecule has 0 unspecified atom stereocenters. The van der Waals surface area contributed by atoms with Gasteiger partial charge < -0.3 is 20.5 Å². The Balaban J connectivity index is 2.10. The molecule has 1 fully saturated rings. The molecule has 34 heavy (non-hydrogen) atoms. The van der Waals surface area contributed by atoms with Crippen LogP contribution >= 0.6 is 0 Å². The van der Waals surface area contributed by atoms with E-state index in [1.165, 1.54) is 19.2 Å². The summed E-state index contributed by atoms with van der Waals surface area (Å²) in [6.07, 6.45) is -5.41. The number of ether oxygens (including phenoxy) is 2. The number of carbonyl (C=O) groups is 2. The smallest absolute Gasteiger partial charge is 0.417 e. The van der Waals surface area contributed by atoms with E-state index in [2.05, 4.69) is 10.3 Å². The van der Waals surface area contributed by atoms with Crippen LogP contribution in [0.15, 0.2) is 24.4 Å². The number of hydrogen-bond donors (Lipinski definition) is 2. The normalized spacial score (nSPS) is 24.7. The number of aromatic nitrogens is 1. The number of halogens is 5. The van der Waals surface area contributed by atoms with Crippen molar-refractivity contribution in [1.29, 1.82) is 0 Å². The number of nitrogens with one attached hydrogen (secondary N) is 1. The zero-order valence-corrected chi connectivity index (χ0v) is 18.6. The minimum Gasteiger partial charge on any atom is -0.493 e. The highest BCUT2D eigenvalue weighted by atomic mass is 19.4. The van der Waals surface area contributed by atoms with Gasteiger partial charge in [-0.05, 0) is 31.5 Å². The van der Waals surface area contributed by atoms with E-state index in [0.717, 1.165) is 26.2 Å². The third-order valence-electron chi connectivity index (χ3n) is 6.18. The molecular formula is C22H22F5N3O4. The Labute approximate surface area is 191 Å². The van der Waals surface area contributed by atoms with Crippen molar-refractivity contribution < 1.29 is 41.0 Å². The van der Waals surface area contributed by atoms with Gasteiger partial charge in [-0.2, -0.15) is 17.6 Å². The molecule has 3 N–H and O–H groups in total. The van der Waals surface area contributed by atoms with E-state index >= 15 is 0 Å². The van der Waals surface area contributed by atoms with Crippen LogP contribution in [-0.4, -0.2) is 41.8 Å². The van der Waals surface area contributed by atoms with Gasteiger partial charge in [-0.15, -0.1) is 0 Å². The summed E-state index contributed by atoms with van der Waals surface area (Å²) >= 11 is 0. The number of carbonyl (C=O) groups excluding carboxylic acids is 2. The molecule has 2 heterocycles. The zero-order chi connectivity index (χ0) is 25.6. The van der Waals surface area contributed by atoms with Crippen molar-refractivity contribution >= 4 is 17.5 Å². The number of hydrogen-bond acceptors (Lipinski definition) is 5. The molecule has 1 aliphatic heterocycles. The molecule has 12 heteroatoms. The maximum absolute atomic E-state index is 14.4. The van der Waals surface area contributed by atoms with Crippen molar-refractivity contribution in [1.82, 2.24) is 4.98 Å². The fourth-order valence-electron chi connectivity index (χ4n) is 4.04. The molecule has 2 amide bonds. The first-order chi connectivity index (χ1) is 15.7. The van der Waals surface area contributed by atoms with Crippen LogP contribution in [0.5, 0.6) is 5.75 Å². The minimum absolute atomic E-state index is 0.0710. The number of benzene rings is 1. The Morgan fingerprint density at radius 3 is 2.47 bits per heavy atom. The summed E-state index contributed by atoms with van der Waals surface area (Å²) in [4.78, 5) is 28.4. The van der Waals surface area contributed by atoms with Crippen LogP contribution < -0.4 is 15.8 Å². The maximum atomic E-state index is 14.4. The monoisotopic (exact) mass is 487 g/mol. The second-order valence-corrected chi connectivity index (χ2v) is 8.18. The number of primary amides is 1. The van der Waals surface area contributed by atoms with Gasteiger partial charge in [-0.3, -0.25) is 14.6 Å². The van der Waals surface area contributed by atoms with E-state index in [4.69, 9.17) is 15.2 Å². The molecule has 2 aromatic rings. The largest absolute Gasteiger partial charge is 0.493 e. The summed E-state index contributed by atoms with van der Waals surface area (Å²) in [5.74, 6) is -7.94. The zero-order valence-electron chi connectivity index (χ0n) is 18.6. The van der Waals surface area contributed by atoms with E-state index in [1.54, 1.807) is 6.92 Å². The maximum Gasteiger partial charge on any atom is 0.417 e. The Morgan fingerprint density at radius 2 is 1.91 bits per heavy atom. The number of methoxy groups -OCH3 is 1. The van der Waals surface area contributed by atoms with Crippen molar-refractivity contribution in [2.45, 2.75) is 44.6 Å². The number of rotatable bonds is 5. The summed E-state index contributed by atoms with van der Waals surface area (Å²) in [7, 11) is 1.03. The van der Waals surface area contributed by atoms with Gasteiger partial charge in [-0.25, -0.2) is 4.39 Å². The summed E-state index contributed by atoms with van der Waals surface area (Å²) in [5.41, 5.74) is 2.53. The Morgan fingerprint density at radius 1 is 1.26 bits per heavy atom. The van der Waals surface area contributed by atoms with Crippen molar-refractivity contribution in [3.05, 3.63) is 52.9 Å². The number of alkyl halides is 3. The number of aryl methyl sites for hydroxylation is 1. The Bertz CT molecular complexity index is 1140. The Hall–Kier alpha value is -3.28. The standard InChI is InChI=1S/C22H22F5N3O4/c1-9-8-29-14(19(28)31)7-13(9)30-20(32)18-15(10(2)21(3,34-18)22(25,26)27)11-5-6-12(23)16(24)17(11)33-4/h5-8,10,15,18H,1-4H3,(H2,28,31)(H,29,30,32)/t10-,15-,18+,21-/m0/s1. The molecule has 0 saturated carbocycles. The van der Waals surface area contributed by atoms with Gasteiger partial charge in [0.1, 0.15) is 11.8 Å². The van der Waals surface area contributed by atoms with Gasteiger partial charge in [-0.1, -0.05) is 13.0 Å². The summed E-state index contributed by atoms with van der Waals surface area (Å²) in [6.45, 7) is 3.53. The first-order valence-corrected chi connectivity index (χ1v) is 10.1. The van der Waals surface area contributed by atoms with Gasteiger partial charge in [0.05, 0.1) is 7.11 Å². The molecule has 1 saturated heterocycles. The summed E-state index contributed by atoms with van der Waals surface area (Å²) < 4.78 is 80.4. The quantitative estimate of drug-likeness (QED) is 0.624. The molecule has 0 spiro atoms. The van der Waals surface area contributed by atoms with E-state index in [-0.39, 0.29) is 16.9 Å². The predicted molar refractivity (Wildman–Crippen MR) is 110 cm³/mol. The van der Waals surface area contributed by atoms with Crippen LogP contribution in [0.2, 0.25) is 0 Å². The second kappa shape index (κ2) is 8.82. The molecule has 1 aliphatic rings. The third kappa shape index (κ3) is 4.17. The number of nitrogens with two attached hydrogens (primary N) is 1. The number of anilines is 1. The lowest BCUT2D eigenvalue weighted by molar-refractivity contribution is -0.272. The lowest BCUT2D eigenvalue weighted by Crippen LogP contribution is -2.47. The molecule has 0 bridgehead atoms. The third-order valence-corrected chi connectivity index (χ3v) is 6.18. The van der Waals surface area contributed by atoms with Crippen LogP contribution in [0.3, 0.4) is 0 Å².